The fourth-order valence-corrected chi connectivity index (χ4v) is 0.979. The molecule has 1 aromatic rings. The van der Waals surface area contributed by atoms with E-state index in [9.17, 15) is 18.0 Å². The molecule has 0 saturated carbocycles. The van der Waals surface area contributed by atoms with Gasteiger partial charge in [-0.3, -0.25) is 0 Å². The van der Waals surface area contributed by atoms with Crippen LogP contribution in [0.2, 0.25) is 0 Å². The summed E-state index contributed by atoms with van der Waals surface area (Å²) in [4.78, 5) is 10.1. The second kappa shape index (κ2) is 3.69. The highest BCUT2D eigenvalue weighted by Crippen LogP contribution is 2.20. The van der Waals surface area contributed by atoms with Gasteiger partial charge in [0.1, 0.15) is 5.82 Å². The minimum Gasteiger partial charge on any atom is -0.477 e. The van der Waals surface area contributed by atoms with Crippen LogP contribution in [0.1, 0.15) is 5.56 Å². The number of alkyl halides is 2. The van der Waals surface area contributed by atoms with Crippen LogP contribution in [0, 0.1) is 5.82 Å². The molecule has 0 fully saturated rings. The van der Waals surface area contributed by atoms with E-state index in [4.69, 9.17) is 5.11 Å². The summed E-state index contributed by atoms with van der Waals surface area (Å²) in [6, 6.07) is 4.49. The first-order valence-corrected chi connectivity index (χ1v) is 3.77. The van der Waals surface area contributed by atoms with Crippen molar-refractivity contribution in [3.8, 4) is 0 Å². The summed E-state index contributed by atoms with van der Waals surface area (Å²) in [6.07, 6.45) is -1.000. The van der Waals surface area contributed by atoms with E-state index in [1.165, 1.54) is 12.1 Å². The lowest BCUT2D eigenvalue weighted by Gasteiger charge is -2.10. The fourth-order valence-electron chi connectivity index (χ4n) is 0.979. The molecule has 0 aromatic heterocycles. The van der Waals surface area contributed by atoms with Gasteiger partial charge in [-0.1, -0.05) is 12.1 Å². The molecule has 0 aliphatic carbocycles. The summed E-state index contributed by atoms with van der Waals surface area (Å²) in [6.45, 7) is 0. The molecule has 2 nitrogen and oxygen atoms in total. The van der Waals surface area contributed by atoms with Gasteiger partial charge in [-0.15, -0.1) is 0 Å². The Morgan fingerprint density at radius 2 is 2.07 bits per heavy atom. The van der Waals surface area contributed by atoms with Gasteiger partial charge in [0.2, 0.25) is 0 Å². The number of halogens is 3. The molecular weight excluding hydrogens is 197 g/mol. The molecule has 0 radical (unpaired) electrons. The third-order valence-electron chi connectivity index (χ3n) is 1.63. The van der Waals surface area contributed by atoms with Gasteiger partial charge in [-0.25, -0.2) is 9.18 Å². The van der Waals surface area contributed by atoms with E-state index in [-0.39, 0.29) is 5.56 Å². The van der Waals surface area contributed by atoms with Crippen LogP contribution < -0.4 is 0 Å². The largest absolute Gasteiger partial charge is 0.477 e. The Morgan fingerprint density at radius 1 is 1.43 bits per heavy atom. The molecule has 0 heterocycles. The lowest BCUT2D eigenvalue weighted by molar-refractivity contribution is -0.164. The minimum absolute atomic E-state index is 0.0441. The Labute approximate surface area is 78.0 Å². The number of carboxylic acid groups (broad SMARTS) is 1. The lowest BCUT2D eigenvalue weighted by Crippen LogP contribution is -2.30. The molecular formula is C9H7F3O2. The van der Waals surface area contributed by atoms with Crippen LogP contribution in [0.25, 0.3) is 0 Å². The van der Waals surface area contributed by atoms with Crippen LogP contribution in [0.5, 0.6) is 0 Å². The zero-order valence-electron chi connectivity index (χ0n) is 7.01. The van der Waals surface area contributed by atoms with Crippen molar-refractivity contribution in [3.05, 3.63) is 35.6 Å². The zero-order valence-corrected chi connectivity index (χ0v) is 7.01. The quantitative estimate of drug-likeness (QED) is 0.818. The van der Waals surface area contributed by atoms with Crippen LogP contribution >= 0.6 is 0 Å². The summed E-state index contributed by atoms with van der Waals surface area (Å²) >= 11 is 0. The standard InChI is InChI=1S/C9H7F3O2/c10-7-3-1-2-6(4-7)5-9(11,12)8(13)14/h1-4H,5H2,(H,13,14). The first-order valence-electron chi connectivity index (χ1n) is 3.77. The van der Waals surface area contributed by atoms with Crippen molar-refractivity contribution in [1.82, 2.24) is 0 Å². The van der Waals surface area contributed by atoms with Gasteiger partial charge < -0.3 is 5.11 Å². The number of hydrogen-bond donors (Lipinski definition) is 1. The van der Waals surface area contributed by atoms with Crippen molar-refractivity contribution in [2.24, 2.45) is 0 Å². The van der Waals surface area contributed by atoms with E-state index in [0.717, 1.165) is 12.1 Å². The van der Waals surface area contributed by atoms with Crippen LogP contribution in [-0.4, -0.2) is 17.0 Å². The van der Waals surface area contributed by atoms with E-state index in [2.05, 4.69) is 0 Å². The van der Waals surface area contributed by atoms with Crippen molar-refractivity contribution in [2.45, 2.75) is 12.3 Å². The highest BCUT2D eigenvalue weighted by atomic mass is 19.3. The van der Waals surface area contributed by atoms with Gasteiger partial charge in [0.25, 0.3) is 0 Å². The maximum absolute atomic E-state index is 12.6. The van der Waals surface area contributed by atoms with E-state index >= 15 is 0 Å². The predicted octanol–water partition coefficient (Wildman–Crippen LogP) is 2.09. The smallest absolute Gasteiger partial charge is 0.374 e. The molecule has 0 saturated heterocycles. The summed E-state index contributed by atoms with van der Waals surface area (Å²) < 4.78 is 37.8. The molecule has 0 amide bonds. The summed E-state index contributed by atoms with van der Waals surface area (Å²) in [5.41, 5.74) is -0.0441. The Kier molecular flexibility index (Phi) is 2.78. The molecule has 1 rings (SSSR count). The number of carbonyl (C=O) groups is 1. The highest BCUT2D eigenvalue weighted by molar-refractivity contribution is 5.75. The predicted molar refractivity (Wildman–Crippen MR) is 42.7 cm³/mol. The number of hydrogen-bond acceptors (Lipinski definition) is 1. The maximum Gasteiger partial charge on any atom is 0.374 e. The lowest BCUT2D eigenvalue weighted by atomic mass is 10.1. The Bertz CT molecular complexity index is 350. The second-order valence-corrected chi connectivity index (χ2v) is 2.82. The third kappa shape index (κ3) is 2.48. The van der Waals surface area contributed by atoms with E-state index in [1.54, 1.807) is 0 Å². The fraction of sp³-hybridized carbons (Fsp3) is 0.222. The Balaban J connectivity index is 2.83. The number of carboxylic acids is 1. The molecule has 5 heteroatoms. The second-order valence-electron chi connectivity index (χ2n) is 2.82. The molecule has 1 aromatic carbocycles. The zero-order chi connectivity index (χ0) is 10.8. The maximum atomic E-state index is 12.6. The molecule has 76 valence electrons. The topological polar surface area (TPSA) is 37.3 Å². The minimum atomic E-state index is -3.85. The summed E-state index contributed by atoms with van der Waals surface area (Å²) in [7, 11) is 0. The summed E-state index contributed by atoms with van der Waals surface area (Å²) in [5, 5.41) is 8.13. The van der Waals surface area contributed by atoms with Crippen molar-refractivity contribution < 1.29 is 23.1 Å². The average Bonchev–Trinajstić information content (AvgIpc) is 2.02. The van der Waals surface area contributed by atoms with Crippen LogP contribution in [0.15, 0.2) is 24.3 Å². The number of aliphatic carboxylic acids is 1. The molecule has 1 N–H and O–H groups in total. The van der Waals surface area contributed by atoms with Crippen LogP contribution in [-0.2, 0) is 11.2 Å². The van der Waals surface area contributed by atoms with Gasteiger partial charge in [-0.05, 0) is 17.7 Å². The Hall–Kier alpha value is -1.52. The van der Waals surface area contributed by atoms with Gasteiger partial charge in [0.05, 0.1) is 0 Å². The number of rotatable bonds is 3. The van der Waals surface area contributed by atoms with Crippen LogP contribution in [0.4, 0.5) is 13.2 Å². The molecule has 0 aliphatic heterocycles. The van der Waals surface area contributed by atoms with Gasteiger partial charge in [0.15, 0.2) is 0 Å². The van der Waals surface area contributed by atoms with Crippen molar-refractivity contribution >= 4 is 5.97 Å². The van der Waals surface area contributed by atoms with Gasteiger partial charge in [0, 0.05) is 6.42 Å². The third-order valence-corrected chi connectivity index (χ3v) is 1.63. The van der Waals surface area contributed by atoms with Crippen molar-refractivity contribution in [2.75, 3.05) is 0 Å². The molecule has 0 atom stereocenters. The van der Waals surface area contributed by atoms with Crippen molar-refractivity contribution in [1.29, 1.82) is 0 Å². The van der Waals surface area contributed by atoms with Gasteiger partial charge >= 0.3 is 11.9 Å². The van der Waals surface area contributed by atoms with E-state index in [0.29, 0.717) is 0 Å². The number of benzene rings is 1. The summed E-state index contributed by atoms with van der Waals surface area (Å²) in [5.74, 6) is -6.72. The van der Waals surface area contributed by atoms with Crippen LogP contribution in [0.3, 0.4) is 0 Å². The first-order chi connectivity index (χ1) is 6.42. The molecule has 0 unspecified atom stereocenters. The van der Waals surface area contributed by atoms with E-state index < -0.39 is 24.1 Å². The van der Waals surface area contributed by atoms with Gasteiger partial charge in [-0.2, -0.15) is 8.78 Å². The average molecular weight is 204 g/mol. The molecule has 0 spiro atoms. The molecule has 0 bridgehead atoms. The van der Waals surface area contributed by atoms with E-state index in [1.807, 2.05) is 0 Å². The molecule has 14 heavy (non-hydrogen) atoms. The Morgan fingerprint density at radius 3 is 2.57 bits per heavy atom. The molecule has 0 aliphatic rings. The first kappa shape index (κ1) is 10.6. The van der Waals surface area contributed by atoms with Crippen molar-refractivity contribution in [3.63, 3.8) is 0 Å². The highest BCUT2D eigenvalue weighted by Gasteiger charge is 2.38. The normalized spacial score (nSPS) is 11.4. The SMILES string of the molecule is O=C(O)C(F)(F)Cc1cccc(F)c1. The monoisotopic (exact) mass is 204 g/mol.